The van der Waals surface area contributed by atoms with E-state index in [0.717, 1.165) is 22.1 Å². The van der Waals surface area contributed by atoms with Crippen LogP contribution in [0.3, 0.4) is 0 Å². The first-order chi connectivity index (χ1) is 6.13. The van der Waals surface area contributed by atoms with Crippen LogP contribution in [-0.2, 0) is 11.2 Å². The monoisotopic (exact) mass is 304 g/mol. The second-order valence-electron chi connectivity index (χ2n) is 2.93. The van der Waals surface area contributed by atoms with Crippen molar-refractivity contribution in [1.82, 2.24) is 0 Å². The smallest absolute Gasteiger partial charge is 0.222 e. The van der Waals surface area contributed by atoms with Crippen LogP contribution in [0.15, 0.2) is 22.7 Å². The molecule has 13 heavy (non-hydrogen) atoms. The lowest BCUT2D eigenvalue weighted by atomic mass is 10.1. The van der Waals surface area contributed by atoms with Gasteiger partial charge in [-0.05, 0) is 33.6 Å². The van der Waals surface area contributed by atoms with E-state index in [4.69, 9.17) is 4.74 Å². The summed E-state index contributed by atoms with van der Waals surface area (Å²) < 4.78 is 5.54. The van der Waals surface area contributed by atoms with Gasteiger partial charge in [0.15, 0.2) is 6.29 Å². The Hall–Kier alpha value is -0.350. The van der Waals surface area contributed by atoms with E-state index in [1.807, 2.05) is 18.2 Å². The van der Waals surface area contributed by atoms with Crippen LogP contribution in [0.25, 0.3) is 0 Å². The Morgan fingerprint density at radius 2 is 2.31 bits per heavy atom. The average molecular weight is 306 g/mol. The topological polar surface area (TPSA) is 26.3 Å². The third-order valence-electron chi connectivity index (χ3n) is 1.92. The number of alkyl halides is 1. The number of carbonyl (C=O) groups excluding carboxylic acids is 1. The first-order valence-electron chi connectivity index (χ1n) is 3.76. The third-order valence-corrected chi connectivity index (χ3v) is 3.04. The number of fused-ring (bicyclic) bond motifs is 1. The molecule has 68 valence electrons. The molecule has 0 bridgehead atoms. The number of hydrogen-bond acceptors (Lipinski definition) is 2. The number of hydrogen-bond donors (Lipinski definition) is 0. The highest BCUT2D eigenvalue weighted by atomic mass is 79.9. The molecule has 0 spiro atoms. The van der Waals surface area contributed by atoms with E-state index in [1.54, 1.807) is 0 Å². The molecule has 0 amide bonds. The minimum atomic E-state index is -0.851. The van der Waals surface area contributed by atoms with E-state index in [2.05, 4.69) is 31.9 Å². The first kappa shape index (κ1) is 9.21. The minimum absolute atomic E-state index is 0.582. The zero-order valence-corrected chi connectivity index (χ0v) is 9.76. The van der Waals surface area contributed by atoms with Crippen molar-refractivity contribution in [1.29, 1.82) is 0 Å². The molecule has 1 aliphatic heterocycles. The number of ether oxygens (including phenoxy) is 1. The second-order valence-corrected chi connectivity index (χ2v) is 5.19. The maximum Gasteiger partial charge on any atom is 0.222 e. The van der Waals surface area contributed by atoms with Crippen LogP contribution in [-0.4, -0.2) is 10.8 Å². The highest BCUT2D eigenvalue weighted by Crippen LogP contribution is 2.38. The molecule has 0 aliphatic carbocycles. The predicted octanol–water partition coefficient (Wildman–Crippen LogP) is 2.67. The van der Waals surface area contributed by atoms with Crippen molar-refractivity contribution in [2.24, 2.45) is 0 Å². The van der Waals surface area contributed by atoms with Gasteiger partial charge in [-0.3, -0.25) is 4.79 Å². The molecule has 1 aliphatic rings. The summed E-state index contributed by atoms with van der Waals surface area (Å²) in [7, 11) is 0. The first-order valence-corrected chi connectivity index (χ1v) is 5.34. The highest BCUT2D eigenvalue weighted by Gasteiger charge is 2.36. The Kier molecular flexibility index (Phi) is 2.20. The van der Waals surface area contributed by atoms with E-state index >= 15 is 0 Å². The second kappa shape index (κ2) is 3.10. The molecule has 0 radical (unpaired) electrons. The largest absolute Gasteiger partial charge is 0.468 e. The van der Waals surface area contributed by atoms with Gasteiger partial charge in [-0.1, -0.05) is 22.0 Å². The van der Waals surface area contributed by atoms with Crippen molar-refractivity contribution in [2.75, 3.05) is 0 Å². The lowest BCUT2D eigenvalue weighted by Crippen LogP contribution is -2.27. The molecule has 4 heteroatoms. The Morgan fingerprint density at radius 3 is 3.00 bits per heavy atom. The van der Waals surface area contributed by atoms with Crippen molar-refractivity contribution < 1.29 is 9.53 Å². The lowest BCUT2D eigenvalue weighted by molar-refractivity contribution is -0.114. The summed E-state index contributed by atoms with van der Waals surface area (Å²) in [5, 5.41) is 0. The number of halogens is 2. The molecule has 0 saturated carbocycles. The van der Waals surface area contributed by atoms with Crippen LogP contribution >= 0.6 is 31.9 Å². The van der Waals surface area contributed by atoms with Gasteiger partial charge < -0.3 is 4.74 Å². The Balaban J connectivity index is 2.40. The maximum absolute atomic E-state index is 10.7. The van der Waals surface area contributed by atoms with E-state index < -0.39 is 4.51 Å². The number of aldehydes is 1. The van der Waals surface area contributed by atoms with Gasteiger partial charge in [0.2, 0.25) is 4.51 Å². The van der Waals surface area contributed by atoms with Crippen LogP contribution in [0.1, 0.15) is 5.56 Å². The van der Waals surface area contributed by atoms with E-state index in [9.17, 15) is 4.79 Å². The number of rotatable bonds is 1. The molecule has 1 heterocycles. The van der Waals surface area contributed by atoms with E-state index in [1.165, 1.54) is 0 Å². The molecular weight excluding hydrogens is 300 g/mol. The quantitative estimate of drug-likeness (QED) is 0.589. The molecular formula is C9H6Br2O2. The van der Waals surface area contributed by atoms with E-state index in [0.29, 0.717) is 6.42 Å². The van der Waals surface area contributed by atoms with Crippen LogP contribution in [0.4, 0.5) is 0 Å². The van der Waals surface area contributed by atoms with Crippen molar-refractivity contribution in [3.8, 4) is 5.75 Å². The minimum Gasteiger partial charge on any atom is -0.468 e. The highest BCUT2D eigenvalue weighted by molar-refractivity contribution is 9.10. The molecule has 0 aromatic heterocycles. The normalized spacial score (nSPS) is 25.1. The van der Waals surface area contributed by atoms with Crippen LogP contribution in [0, 0.1) is 0 Å². The molecule has 0 fully saturated rings. The molecule has 0 saturated heterocycles. The average Bonchev–Trinajstić information content (AvgIpc) is 2.42. The van der Waals surface area contributed by atoms with Gasteiger partial charge in [-0.2, -0.15) is 0 Å². The van der Waals surface area contributed by atoms with Gasteiger partial charge in [0, 0.05) is 10.9 Å². The lowest BCUT2D eigenvalue weighted by Gasteiger charge is -2.12. The van der Waals surface area contributed by atoms with Crippen LogP contribution in [0.5, 0.6) is 5.75 Å². The fourth-order valence-corrected chi connectivity index (χ4v) is 2.13. The van der Waals surface area contributed by atoms with Gasteiger partial charge in [0.05, 0.1) is 0 Å². The zero-order valence-electron chi connectivity index (χ0n) is 6.59. The Bertz CT molecular complexity index is 365. The van der Waals surface area contributed by atoms with Gasteiger partial charge in [-0.15, -0.1) is 0 Å². The predicted molar refractivity (Wildman–Crippen MR) is 56.2 cm³/mol. The van der Waals surface area contributed by atoms with Crippen molar-refractivity contribution in [3.63, 3.8) is 0 Å². The summed E-state index contributed by atoms with van der Waals surface area (Å²) >= 11 is 6.59. The Labute approximate surface area is 92.5 Å². The maximum atomic E-state index is 10.7. The van der Waals surface area contributed by atoms with Gasteiger partial charge in [0.1, 0.15) is 5.75 Å². The molecule has 1 unspecified atom stereocenters. The summed E-state index contributed by atoms with van der Waals surface area (Å²) in [4.78, 5) is 10.7. The standard InChI is InChI=1S/C9H6Br2O2/c10-7-2-1-6-4-9(11,5-12)13-8(6)3-7/h1-3,5H,4H2. The van der Waals surface area contributed by atoms with Crippen LogP contribution < -0.4 is 4.74 Å². The van der Waals surface area contributed by atoms with Gasteiger partial charge >= 0.3 is 0 Å². The number of benzene rings is 1. The molecule has 1 aromatic rings. The fraction of sp³-hybridized carbons (Fsp3) is 0.222. The summed E-state index contributed by atoms with van der Waals surface area (Å²) in [5.41, 5.74) is 1.05. The molecule has 2 rings (SSSR count). The summed E-state index contributed by atoms with van der Waals surface area (Å²) in [6, 6.07) is 5.75. The fourth-order valence-electron chi connectivity index (χ4n) is 1.31. The summed E-state index contributed by atoms with van der Waals surface area (Å²) in [6.45, 7) is 0. The molecule has 0 N–H and O–H groups in total. The number of carbonyl (C=O) groups is 1. The van der Waals surface area contributed by atoms with Gasteiger partial charge in [-0.25, -0.2) is 0 Å². The van der Waals surface area contributed by atoms with Crippen molar-refractivity contribution in [3.05, 3.63) is 28.2 Å². The van der Waals surface area contributed by atoms with E-state index in [-0.39, 0.29) is 0 Å². The summed E-state index contributed by atoms with van der Waals surface area (Å²) in [5.74, 6) is 0.762. The Morgan fingerprint density at radius 1 is 1.54 bits per heavy atom. The van der Waals surface area contributed by atoms with Crippen LogP contribution in [0.2, 0.25) is 0 Å². The zero-order chi connectivity index (χ0) is 9.47. The van der Waals surface area contributed by atoms with Crippen molar-refractivity contribution >= 4 is 38.1 Å². The third kappa shape index (κ3) is 1.65. The SMILES string of the molecule is O=CC1(Br)Cc2ccc(Br)cc2O1. The van der Waals surface area contributed by atoms with Gasteiger partial charge in [0.25, 0.3) is 0 Å². The molecule has 1 aromatic carbocycles. The van der Waals surface area contributed by atoms with Crippen molar-refractivity contribution in [2.45, 2.75) is 10.9 Å². The molecule has 2 nitrogen and oxygen atoms in total. The summed E-state index contributed by atoms with van der Waals surface area (Å²) in [6.07, 6.45) is 1.36. The molecule has 1 atom stereocenters.